The van der Waals surface area contributed by atoms with E-state index >= 15 is 0 Å². The fraction of sp³-hybridized carbons (Fsp3) is 0.200. The molecule has 0 radical (unpaired) electrons. The molecular formula is C15H15ClN2O4S2. The molecule has 0 bridgehead atoms. The van der Waals surface area contributed by atoms with Crippen LogP contribution < -0.4 is 4.72 Å². The predicted octanol–water partition coefficient (Wildman–Crippen LogP) is 3.63. The van der Waals surface area contributed by atoms with E-state index in [9.17, 15) is 18.5 Å². The van der Waals surface area contributed by atoms with E-state index in [-0.39, 0.29) is 11.6 Å². The molecule has 0 aliphatic carbocycles. The topological polar surface area (TPSA) is 89.3 Å². The molecule has 0 aliphatic rings. The number of sulfonamides is 1. The van der Waals surface area contributed by atoms with Crippen LogP contribution >= 0.6 is 23.4 Å². The number of nitro benzene ring substituents is 1. The molecule has 0 aromatic heterocycles. The van der Waals surface area contributed by atoms with E-state index in [0.717, 1.165) is 22.6 Å². The number of aryl methyl sites for hydroxylation is 1. The standard InChI is InChI=1S/C15H15ClN2O4S2/c1-11-2-5-13(6-3-11)23-9-8-17-24(21,22)15-7-4-12(16)10-14(15)18(19)20/h2-7,10,17H,8-9H2,1H3. The number of nitrogens with one attached hydrogen (secondary N) is 1. The third kappa shape index (κ3) is 4.94. The van der Waals surface area contributed by atoms with Crippen molar-refractivity contribution in [1.29, 1.82) is 0 Å². The maximum Gasteiger partial charge on any atom is 0.290 e. The Hall–Kier alpha value is -1.61. The first-order valence-corrected chi connectivity index (χ1v) is 9.77. The number of benzene rings is 2. The number of halogens is 1. The lowest BCUT2D eigenvalue weighted by molar-refractivity contribution is -0.387. The minimum Gasteiger partial charge on any atom is -0.258 e. The molecule has 0 atom stereocenters. The zero-order chi connectivity index (χ0) is 17.7. The smallest absolute Gasteiger partial charge is 0.258 e. The summed E-state index contributed by atoms with van der Waals surface area (Å²) in [5.41, 5.74) is 0.608. The first-order valence-electron chi connectivity index (χ1n) is 6.93. The van der Waals surface area contributed by atoms with Gasteiger partial charge in [-0.3, -0.25) is 10.1 Å². The predicted molar refractivity (Wildman–Crippen MR) is 95.2 cm³/mol. The van der Waals surface area contributed by atoms with Crippen LogP contribution in [0.5, 0.6) is 0 Å². The van der Waals surface area contributed by atoms with Crippen LogP contribution in [0.25, 0.3) is 0 Å². The lowest BCUT2D eigenvalue weighted by Crippen LogP contribution is -2.26. The number of hydrogen-bond donors (Lipinski definition) is 1. The van der Waals surface area contributed by atoms with Crippen LogP contribution in [-0.2, 0) is 10.0 Å². The Balaban J connectivity index is 2.01. The van der Waals surface area contributed by atoms with Crippen LogP contribution in [0, 0.1) is 17.0 Å². The molecule has 2 aromatic carbocycles. The summed E-state index contributed by atoms with van der Waals surface area (Å²) in [5.74, 6) is 0.504. The lowest BCUT2D eigenvalue weighted by Gasteiger charge is -2.08. The van der Waals surface area contributed by atoms with Gasteiger partial charge in [-0.1, -0.05) is 29.3 Å². The molecule has 0 heterocycles. The summed E-state index contributed by atoms with van der Waals surface area (Å²) in [5, 5.41) is 11.1. The average Bonchev–Trinajstić information content (AvgIpc) is 2.53. The van der Waals surface area contributed by atoms with Crippen LogP contribution in [0.15, 0.2) is 52.3 Å². The second-order valence-corrected chi connectivity index (χ2v) is 8.27. The van der Waals surface area contributed by atoms with Crippen molar-refractivity contribution in [2.45, 2.75) is 16.7 Å². The molecule has 24 heavy (non-hydrogen) atoms. The van der Waals surface area contributed by atoms with Gasteiger partial charge in [-0.2, -0.15) is 0 Å². The largest absolute Gasteiger partial charge is 0.290 e. The van der Waals surface area contributed by atoms with Gasteiger partial charge in [-0.05, 0) is 31.2 Å². The summed E-state index contributed by atoms with van der Waals surface area (Å²) in [4.78, 5) is 10.9. The Morgan fingerprint density at radius 3 is 2.50 bits per heavy atom. The van der Waals surface area contributed by atoms with E-state index in [1.807, 2.05) is 31.2 Å². The highest BCUT2D eigenvalue weighted by molar-refractivity contribution is 7.99. The maximum atomic E-state index is 12.3. The number of hydrogen-bond acceptors (Lipinski definition) is 5. The SMILES string of the molecule is Cc1ccc(SCCNS(=O)(=O)c2ccc(Cl)cc2[N+](=O)[O-])cc1. The fourth-order valence-electron chi connectivity index (χ4n) is 1.92. The highest BCUT2D eigenvalue weighted by atomic mass is 35.5. The highest BCUT2D eigenvalue weighted by Gasteiger charge is 2.25. The second kappa shape index (κ2) is 7.98. The van der Waals surface area contributed by atoms with Crippen molar-refractivity contribution < 1.29 is 13.3 Å². The Bertz CT molecular complexity index is 839. The van der Waals surface area contributed by atoms with Crippen molar-refractivity contribution in [3.8, 4) is 0 Å². The molecule has 9 heteroatoms. The molecular weight excluding hydrogens is 372 g/mol. The van der Waals surface area contributed by atoms with Gasteiger partial charge in [0.15, 0.2) is 4.90 Å². The third-order valence-electron chi connectivity index (χ3n) is 3.09. The molecule has 0 saturated heterocycles. The maximum absolute atomic E-state index is 12.3. The van der Waals surface area contributed by atoms with Crippen molar-refractivity contribution in [3.05, 3.63) is 63.2 Å². The van der Waals surface area contributed by atoms with Gasteiger partial charge in [0.2, 0.25) is 10.0 Å². The van der Waals surface area contributed by atoms with Crippen LogP contribution in [0.4, 0.5) is 5.69 Å². The molecule has 128 valence electrons. The first-order chi connectivity index (χ1) is 11.3. The van der Waals surface area contributed by atoms with Crippen molar-refractivity contribution in [2.75, 3.05) is 12.3 Å². The average molecular weight is 387 g/mol. The monoisotopic (exact) mass is 386 g/mol. The van der Waals surface area contributed by atoms with E-state index in [0.29, 0.717) is 5.75 Å². The van der Waals surface area contributed by atoms with Crippen molar-refractivity contribution >= 4 is 39.1 Å². The minimum absolute atomic E-state index is 0.107. The lowest BCUT2D eigenvalue weighted by atomic mass is 10.2. The van der Waals surface area contributed by atoms with Gasteiger partial charge >= 0.3 is 0 Å². The molecule has 0 amide bonds. The molecule has 0 saturated carbocycles. The zero-order valence-electron chi connectivity index (χ0n) is 12.7. The Labute approximate surface area is 149 Å². The van der Waals surface area contributed by atoms with Gasteiger partial charge in [0.1, 0.15) is 0 Å². The van der Waals surface area contributed by atoms with Crippen LogP contribution in [-0.4, -0.2) is 25.6 Å². The van der Waals surface area contributed by atoms with Crippen LogP contribution in [0.3, 0.4) is 0 Å². The summed E-state index contributed by atoms with van der Waals surface area (Å²) in [7, 11) is -3.98. The van der Waals surface area contributed by atoms with Crippen LogP contribution in [0.2, 0.25) is 5.02 Å². The number of nitro groups is 1. The van der Waals surface area contributed by atoms with Gasteiger partial charge in [0.05, 0.1) is 4.92 Å². The Morgan fingerprint density at radius 2 is 1.88 bits per heavy atom. The van der Waals surface area contributed by atoms with E-state index < -0.39 is 25.5 Å². The van der Waals surface area contributed by atoms with Gasteiger partial charge < -0.3 is 0 Å². The third-order valence-corrected chi connectivity index (χ3v) is 5.85. The summed E-state index contributed by atoms with van der Waals surface area (Å²) < 4.78 is 26.9. The minimum atomic E-state index is -3.98. The molecule has 0 spiro atoms. The van der Waals surface area contributed by atoms with Crippen molar-refractivity contribution in [1.82, 2.24) is 4.72 Å². The van der Waals surface area contributed by atoms with E-state index in [4.69, 9.17) is 11.6 Å². The number of thioether (sulfide) groups is 1. The molecule has 6 nitrogen and oxygen atoms in total. The van der Waals surface area contributed by atoms with Crippen LogP contribution in [0.1, 0.15) is 5.56 Å². The summed E-state index contributed by atoms with van der Waals surface area (Å²) >= 11 is 7.19. The van der Waals surface area contributed by atoms with Crippen molar-refractivity contribution in [2.24, 2.45) is 0 Å². The molecule has 0 unspecified atom stereocenters. The van der Waals surface area contributed by atoms with Gasteiger partial charge in [0.25, 0.3) is 5.69 Å². The summed E-state index contributed by atoms with van der Waals surface area (Å²) in [6.07, 6.45) is 0. The molecule has 1 N–H and O–H groups in total. The number of rotatable bonds is 7. The summed E-state index contributed by atoms with van der Waals surface area (Å²) in [6, 6.07) is 11.3. The Morgan fingerprint density at radius 1 is 1.21 bits per heavy atom. The molecule has 2 aromatic rings. The second-order valence-electron chi connectivity index (χ2n) is 4.93. The van der Waals surface area contributed by atoms with Gasteiger partial charge in [-0.15, -0.1) is 11.8 Å². The fourth-order valence-corrected chi connectivity index (χ4v) is 4.16. The van der Waals surface area contributed by atoms with E-state index in [1.165, 1.54) is 17.8 Å². The molecule has 0 fully saturated rings. The summed E-state index contributed by atoms with van der Waals surface area (Å²) in [6.45, 7) is 2.14. The quantitative estimate of drug-likeness (QED) is 0.339. The highest BCUT2D eigenvalue weighted by Crippen LogP contribution is 2.27. The zero-order valence-corrected chi connectivity index (χ0v) is 15.1. The number of nitrogens with zero attached hydrogens (tertiary/aromatic N) is 1. The van der Waals surface area contributed by atoms with E-state index in [2.05, 4.69) is 4.72 Å². The molecule has 0 aliphatic heterocycles. The Kier molecular flexibility index (Phi) is 6.22. The van der Waals surface area contributed by atoms with E-state index in [1.54, 1.807) is 0 Å². The van der Waals surface area contributed by atoms with Gasteiger partial charge in [0, 0.05) is 28.3 Å². The van der Waals surface area contributed by atoms with Gasteiger partial charge in [-0.25, -0.2) is 13.1 Å². The normalized spacial score (nSPS) is 11.4. The first kappa shape index (κ1) is 18.7. The molecule has 2 rings (SSSR count). The van der Waals surface area contributed by atoms with Crippen molar-refractivity contribution in [3.63, 3.8) is 0 Å².